The van der Waals surface area contributed by atoms with Gasteiger partial charge in [0.2, 0.25) is 5.91 Å². The molecule has 1 aromatic carbocycles. The van der Waals surface area contributed by atoms with Crippen molar-refractivity contribution in [3.05, 3.63) is 35.1 Å². The maximum atomic E-state index is 13.7. The smallest absolute Gasteiger partial charge is 0.248 e. The monoisotopic (exact) mass is 278 g/mol. The Bertz CT molecular complexity index is 489. The van der Waals surface area contributed by atoms with Gasteiger partial charge in [-0.3, -0.25) is 4.79 Å². The molecule has 0 radical (unpaired) electrons. The van der Waals surface area contributed by atoms with Crippen LogP contribution in [0.25, 0.3) is 0 Å². The molecule has 20 heavy (non-hydrogen) atoms. The summed E-state index contributed by atoms with van der Waals surface area (Å²) >= 11 is 0. The first-order valence-corrected chi connectivity index (χ1v) is 7.19. The first-order chi connectivity index (χ1) is 9.37. The lowest BCUT2D eigenvalue weighted by atomic mass is 9.75. The van der Waals surface area contributed by atoms with Gasteiger partial charge in [0.1, 0.15) is 5.82 Å². The van der Waals surface area contributed by atoms with Crippen LogP contribution in [-0.4, -0.2) is 11.9 Å². The summed E-state index contributed by atoms with van der Waals surface area (Å²) < 4.78 is 13.7. The van der Waals surface area contributed by atoms with Crippen LogP contribution in [0.5, 0.6) is 0 Å². The van der Waals surface area contributed by atoms with E-state index in [-0.39, 0.29) is 5.82 Å². The normalized spacial score (nSPS) is 18.9. The summed E-state index contributed by atoms with van der Waals surface area (Å²) in [5.74, 6) is -0.815. The van der Waals surface area contributed by atoms with Crippen molar-refractivity contribution >= 4 is 5.91 Å². The van der Waals surface area contributed by atoms with E-state index in [1.165, 1.54) is 31.0 Å². The molecule has 0 aliphatic heterocycles. The van der Waals surface area contributed by atoms with E-state index in [0.717, 1.165) is 12.8 Å². The molecule has 4 heteroatoms. The van der Waals surface area contributed by atoms with Crippen LogP contribution < -0.4 is 11.1 Å². The SMILES string of the molecule is CC1(C)CCC(NCc2cc(C(N)=O)ccc2F)CC1. The summed E-state index contributed by atoms with van der Waals surface area (Å²) in [5, 5.41) is 3.39. The lowest BCUT2D eigenvalue weighted by molar-refractivity contribution is 0.1000. The highest BCUT2D eigenvalue weighted by molar-refractivity contribution is 5.92. The van der Waals surface area contributed by atoms with Crippen molar-refractivity contribution in [2.75, 3.05) is 0 Å². The molecular formula is C16H23FN2O. The number of primary amides is 1. The zero-order valence-electron chi connectivity index (χ0n) is 12.2. The van der Waals surface area contributed by atoms with Crippen LogP contribution in [0.1, 0.15) is 55.5 Å². The summed E-state index contributed by atoms with van der Waals surface area (Å²) in [4.78, 5) is 11.1. The topological polar surface area (TPSA) is 55.1 Å². The molecule has 1 aliphatic rings. The number of rotatable bonds is 4. The summed E-state index contributed by atoms with van der Waals surface area (Å²) in [5.41, 5.74) is 6.51. The lowest BCUT2D eigenvalue weighted by Gasteiger charge is -2.34. The number of carbonyl (C=O) groups excluding carboxylic acids is 1. The Kier molecular flexibility index (Phi) is 4.43. The molecule has 0 bridgehead atoms. The highest BCUT2D eigenvalue weighted by atomic mass is 19.1. The quantitative estimate of drug-likeness (QED) is 0.889. The van der Waals surface area contributed by atoms with Gasteiger partial charge in [-0.25, -0.2) is 4.39 Å². The molecule has 0 heterocycles. The number of halogens is 1. The van der Waals surface area contributed by atoms with E-state index in [1.807, 2.05) is 0 Å². The Morgan fingerprint density at radius 1 is 1.40 bits per heavy atom. The van der Waals surface area contributed by atoms with Gasteiger partial charge in [-0.2, -0.15) is 0 Å². The molecule has 3 nitrogen and oxygen atoms in total. The maximum Gasteiger partial charge on any atom is 0.248 e. The molecule has 1 amide bonds. The number of nitrogens with two attached hydrogens (primary N) is 1. The van der Waals surface area contributed by atoms with Crippen molar-refractivity contribution in [3.63, 3.8) is 0 Å². The highest BCUT2D eigenvalue weighted by Gasteiger charge is 2.26. The zero-order valence-corrected chi connectivity index (χ0v) is 12.2. The van der Waals surface area contributed by atoms with Gasteiger partial charge in [0.05, 0.1) is 0 Å². The summed E-state index contributed by atoms with van der Waals surface area (Å²) in [6.07, 6.45) is 4.61. The molecule has 0 unspecified atom stereocenters. The average Bonchev–Trinajstić information content (AvgIpc) is 2.39. The fraction of sp³-hybridized carbons (Fsp3) is 0.562. The van der Waals surface area contributed by atoms with Crippen LogP contribution in [0.3, 0.4) is 0 Å². The minimum atomic E-state index is -0.523. The van der Waals surface area contributed by atoms with E-state index < -0.39 is 5.91 Å². The van der Waals surface area contributed by atoms with Gasteiger partial charge in [0.25, 0.3) is 0 Å². The number of amides is 1. The van der Waals surface area contributed by atoms with Gasteiger partial charge in [-0.1, -0.05) is 13.8 Å². The second kappa shape index (κ2) is 5.92. The van der Waals surface area contributed by atoms with Crippen molar-refractivity contribution in [3.8, 4) is 0 Å². The number of hydrogen-bond acceptors (Lipinski definition) is 2. The van der Waals surface area contributed by atoms with Gasteiger partial charge in [0.15, 0.2) is 0 Å². The second-order valence-electron chi connectivity index (χ2n) is 6.49. The molecule has 3 N–H and O–H groups in total. The molecule has 0 saturated heterocycles. The van der Waals surface area contributed by atoms with Crippen molar-refractivity contribution in [2.24, 2.45) is 11.1 Å². The molecule has 110 valence electrons. The van der Waals surface area contributed by atoms with E-state index in [9.17, 15) is 9.18 Å². The molecule has 2 rings (SSSR count). The van der Waals surface area contributed by atoms with Crippen LogP contribution in [-0.2, 0) is 6.54 Å². The molecule has 1 aliphatic carbocycles. The molecule has 1 fully saturated rings. The first kappa shape index (κ1) is 15.0. The van der Waals surface area contributed by atoms with Crippen LogP contribution >= 0.6 is 0 Å². The largest absolute Gasteiger partial charge is 0.366 e. The Morgan fingerprint density at radius 3 is 2.65 bits per heavy atom. The Morgan fingerprint density at radius 2 is 2.05 bits per heavy atom. The van der Waals surface area contributed by atoms with E-state index >= 15 is 0 Å². The predicted octanol–water partition coefficient (Wildman–Crippen LogP) is 2.98. The highest BCUT2D eigenvalue weighted by Crippen LogP contribution is 2.35. The summed E-state index contributed by atoms with van der Waals surface area (Å²) in [6.45, 7) is 5.02. The number of nitrogens with one attached hydrogen (secondary N) is 1. The summed E-state index contributed by atoms with van der Waals surface area (Å²) in [7, 11) is 0. The lowest BCUT2D eigenvalue weighted by Crippen LogP contribution is -2.35. The molecule has 0 atom stereocenters. The third-order valence-electron chi connectivity index (χ3n) is 4.25. The number of benzene rings is 1. The first-order valence-electron chi connectivity index (χ1n) is 7.19. The molecule has 1 aromatic rings. The third-order valence-corrected chi connectivity index (χ3v) is 4.25. The molecular weight excluding hydrogens is 255 g/mol. The fourth-order valence-corrected chi connectivity index (χ4v) is 2.72. The van der Waals surface area contributed by atoms with E-state index in [4.69, 9.17) is 5.73 Å². The minimum absolute atomic E-state index is 0.293. The Labute approximate surface area is 119 Å². The number of hydrogen-bond donors (Lipinski definition) is 2. The second-order valence-corrected chi connectivity index (χ2v) is 6.49. The van der Waals surface area contributed by atoms with Crippen molar-refractivity contribution in [1.29, 1.82) is 0 Å². The molecule has 1 saturated carbocycles. The molecule has 0 aromatic heterocycles. The summed E-state index contributed by atoms with van der Waals surface area (Å²) in [6, 6.07) is 4.70. The van der Waals surface area contributed by atoms with E-state index in [0.29, 0.717) is 29.1 Å². The predicted molar refractivity (Wildman–Crippen MR) is 77.8 cm³/mol. The van der Waals surface area contributed by atoms with Crippen LogP contribution in [0.2, 0.25) is 0 Å². The zero-order chi connectivity index (χ0) is 14.8. The third kappa shape index (κ3) is 3.79. The van der Waals surface area contributed by atoms with Gasteiger partial charge in [0, 0.05) is 23.7 Å². The van der Waals surface area contributed by atoms with Gasteiger partial charge in [-0.05, 0) is 49.3 Å². The fourth-order valence-electron chi connectivity index (χ4n) is 2.72. The van der Waals surface area contributed by atoms with Crippen LogP contribution in [0, 0.1) is 11.2 Å². The molecule has 0 spiro atoms. The van der Waals surface area contributed by atoms with Gasteiger partial charge >= 0.3 is 0 Å². The van der Waals surface area contributed by atoms with Crippen LogP contribution in [0.15, 0.2) is 18.2 Å². The maximum absolute atomic E-state index is 13.7. The van der Waals surface area contributed by atoms with Crippen molar-refractivity contribution in [1.82, 2.24) is 5.32 Å². The van der Waals surface area contributed by atoms with Crippen molar-refractivity contribution < 1.29 is 9.18 Å². The van der Waals surface area contributed by atoms with Crippen LogP contribution in [0.4, 0.5) is 4.39 Å². The Balaban J connectivity index is 1.94. The average molecular weight is 278 g/mol. The van der Waals surface area contributed by atoms with E-state index in [1.54, 1.807) is 0 Å². The standard InChI is InChI=1S/C16H23FN2O/c1-16(2)7-5-13(6-8-16)19-10-12-9-11(15(18)20)3-4-14(12)17/h3-4,9,13,19H,5-8,10H2,1-2H3,(H2,18,20). The number of carbonyl (C=O) groups is 1. The van der Waals surface area contributed by atoms with Gasteiger partial charge in [-0.15, -0.1) is 0 Å². The van der Waals surface area contributed by atoms with Gasteiger partial charge < -0.3 is 11.1 Å². The minimum Gasteiger partial charge on any atom is -0.366 e. The van der Waals surface area contributed by atoms with Crippen molar-refractivity contribution in [2.45, 2.75) is 52.1 Å². The Hall–Kier alpha value is -1.42. The van der Waals surface area contributed by atoms with E-state index in [2.05, 4.69) is 19.2 Å².